The van der Waals surface area contributed by atoms with E-state index in [2.05, 4.69) is 16.0 Å². The van der Waals surface area contributed by atoms with Gasteiger partial charge in [0, 0.05) is 0 Å². The van der Waals surface area contributed by atoms with Crippen LogP contribution in [-0.4, -0.2) is 20.3 Å². The maximum absolute atomic E-state index is 4.60. The van der Waals surface area contributed by atoms with E-state index in [4.69, 9.17) is 0 Å². The first-order valence-corrected chi connectivity index (χ1v) is 1.87. The lowest BCUT2D eigenvalue weighted by molar-refractivity contribution is 0.475. The molecule has 1 fully saturated rings. The molecule has 0 spiro atoms. The molecule has 0 bridgehead atoms. The first-order chi connectivity index (χ1) is 2.91. The summed E-state index contributed by atoms with van der Waals surface area (Å²) in [5, 5.41) is 0. The molecule has 0 unspecified atom stereocenters. The lowest BCUT2D eigenvalue weighted by Gasteiger charge is -1.62. The summed E-state index contributed by atoms with van der Waals surface area (Å²) in [5.41, 5.74) is 2.25. The van der Waals surface area contributed by atoms with Crippen molar-refractivity contribution in [3.63, 3.8) is 0 Å². The normalized spacial score (nSPS) is 15.0. The fourth-order valence-corrected chi connectivity index (χ4v) is 0. The summed E-state index contributed by atoms with van der Waals surface area (Å²) in [4.78, 5) is 0. The van der Waals surface area contributed by atoms with Crippen molar-refractivity contribution in [1.29, 1.82) is 0 Å². The number of nitrogens with one attached hydrogen (secondary N) is 1. The van der Waals surface area contributed by atoms with Gasteiger partial charge in [-0.2, -0.15) is 0 Å². The molecule has 0 aliphatic carbocycles. The molecule has 3 nitrogen and oxygen atoms in total. The summed E-state index contributed by atoms with van der Waals surface area (Å²) in [6, 6.07) is 0. The van der Waals surface area contributed by atoms with Crippen LogP contribution < -0.4 is 11.3 Å². The second-order valence-corrected chi connectivity index (χ2v) is 0.901. The summed E-state index contributed by atoms with van der Waals surface area (Å²) < 4.78 is 4.50. The Labute approximate surface area is 37.4 Å². The molecule has 0 amide bonds. The molecule has 0 aromatic rings. The van der Waals surface area contributed by atoms with Crippen molar-refractivity contribution in [3.8, 4) is 0 Å². The van der Waals surface area contributed by atoms with Crippen molar-refractivity contribution < 1.29 is 4.74 Å². The second kappa shape index (κ2) is 4.88. The second-order valence-electron chi connectivity index (χ2n) is 0.901. The minimum Gasteiger partial charge on any atom is -0.377 e. The number of ether oxygens (including phenoxy) is 1. The molecule has 0 aromatic heterocycles. The average molecular weight is 90.1 g/mol. The van der Waals surface area contributed by atoms with Crippen LogP contribution in [0.2, 0.25) is 0 Å². The number of hydrogen-bond acceptors (Lipinski definition) is 3. The van der Waals surface area contributed by atoms with Crippen LogP contribution in [0.15, 0.2) is 0 Å². The molecule has 1 aliphatic rings. The minimum atomic E-state index is 1.00. The summed E-state index contributed by atoms with van der Waals surface area (Å²) in [6.45, 7) is 2.00. The first-order valence-electron chi connectivity index (χ1n) is 1.87. The van der Waals surface area contributed by atoms with Gasteiger partial charge in [0.25, 0.3) is 0 Å². The molecule has 0 radical (unpaired) electrons. The Balaban J connectivity index is 0.0000000833. The maximum atomic E-state index is 4.60. The molecule has 1 heterocycles. The number of hydrogen-bond donors (Lipinski definition) is 2. The van der Waals surface area contributed by atoms with Gasteiger partial charge in [-0.15, -0.1) is 0 Å². The molecule has 0 aromatic carbocycles. The summed E-state index contributed by atoms with van der Waals surface area (Å²) >= 11 is 0. The van der Waals surface area contributed by atoms with E-state index in [-0.39, 0.29) is 0 Å². The first kappa shape index (κ1) is 5.88. The van der Waals surface area contributed by atoms with Gasteiger partial charge in [0.1, 0.15) is 0 Å². The van der Waals surface area contributed by atoms with Gasteiger partial charge in [-0.05, 0) is 7.05 Å². The third-order valence-corrected chi connectivity index (χ3v) is 0.204. The topological polar surface area (TPSA) is 50.6 Å². The van der Waals surface area contributed by atoms with Crippen molar-refractivity contribution in [3.05, 3.63) is 0 Å². The van der Waals surface area contributed by atoms with Gasteiger partial charge in [-0.1, -0.05) is 0 Å². The highest BCUT2D eigenvalue weighted by molar-refractivity contribution is 4.36. The predicted molar refractivity (Wildman–Crippen MR) is 24.1 cm³/mol. The average Bonchev–Trinajstić information content (AvgIpc) is 2.11. The predicted octanol–water partition coefficient (Wildman–Crippen LogP) is -0.904. The van der Waals surface area contributed by atoms with Crippen LogP contribution >= 0.6 is 0 Å². The van der Waals surface area contributed by atoms with Gasteiger partial charge in [0.05, 0.1) is 13.2 Å². The van der Waals surface area contributed by atoms with E-state index in [0.717, 1.165) is 13.2 Å². The number of hydrazine groups is 1. The largest absolute Gasteiger partial charge is 0.377 e. The van der Waals surface area contributed by atoms with Crippen molar-refractivity contribution in [2.45, 2.75) is 0 Å². The van der Waals surface area contributed by atoms with Crippen LogP contribution in [0.1, 0.15) is 0 Å². The molecule has 38 valence electrons. The number of rotatable bonds is 0. The van der Waals surface area contributed by atoms with Gasteiger partial charge in [-0.3, -0.25) is 11.3 Å². The van der Waals surface area contributed by atoms with E-state index in [1.807, 2.05) is 0 Å². The molecule has 0 saturated carbocycles. The Morgan fingerprint density at radius 2 is 1.83 bits per heavy atom. The quantitative estimate of drug-likeness (QED) is 0.230. The smallest absolute Gasteiger partial charge is 0.0701 e. The highest BCUT2D eigenvalue weighted by Crippen LogP contribution is 1.84. The highest BCUT2D eigenvalue weighted by atomic mass is 16.6. The zero-order valence-corrected chi connectivity index (χ0v) is 3.90. The van der Waals surface area contributed by atoms with E-state index in [9.17, 15) is 0 Å². The van der Waals surface area contributed by atoms with Crippen LogP contribution in [0.4, 0.5) is 0 Å². The third kappa shape index (κ3) is 41.6. The monoisotopic (exact) mass is 90.1 g/mol. The number of epoxide rings is 1. The van der Waals surface area contributed by atoms with E-state index in [0.29, 0.717) is 0 Å². The van der Waals surface area contributed by atoms with Crippen LogP contribution in [0, 0.1) is 0 Å². The highest BCUT2D eigenvalue weighted by Gasteiger charge is 1.94. The fourth-order valence-electron chi connectivity index (χ4n) is 0. The molecule has 1 saturated heterocycles. The Kier molecular flexibility index (Phi) is 4.78. The Bertz CT molecular complexity index is 20.0. The van der Waals surface area contributed by atoms with Crippen LogP contribution in [-0.2, 0) is 4.74 Å². The fraction of sp³-hybridized carbons (Fsp3) is 1.00. The molecule has 0 atom stereocenters. The van der Waals surface area contributed by atoms with Crippen molar-refractivity contribution in [1.82, 2.24) is 5.43 Å². The zero-order valence-electron chi connectivity index (χ0n) is 3.90. The van der Waals surface area contributed by atoms with Gasteiger partial charge >= 0.3 is 0 Å². The van der Waals surface area contributed by atoms with Crippen molar-refractivity contribution >= 4 is 0 Å². The van der Waals surface area contributed by atoms with Crippen molar-refractivity contribution in [2.75, 3.05) is 20.3 Å². The molecular formula is C3H10N2O. The maximum Gasteiger partial charge on any atom is 0.0701 e. The molecular weight excluding hydrogens is 80.0 g/mol. The van der Waals surface area contributed by atoms with Gasteiger partial charge < -0.3 is 4.74 Å². The van der Waals surface area contributed by atoms with Gasteiger partial charge in [0.2, 0.25) is 0 Å². The SMILES string of the molecule is C1CO1.CNN. The van der Waals surface area contributed by atoms with Crippen LogP contribution in [0.5, 0.6) is 0 Å². The van der Waals surface area contributed by atoms with E-state index in [1.54, 1.807) is 7.05 Å². The Morgan fingerprint density at radius 3 is 1.83 bits per heavy atom. The number of nitrogens with two attached hydrogens (primary N) is 1. The lowest BCUT2D eigenvalue weighted by Crippen LogP contribution is -2.13. The third-order valence-electron chi connectivity index (χ3n) is 0.204. The summed E-state index contributed by atoms with van der Waals surface area (Å²) in [5.74, 6) is 4.60. The molecule has 3 N–H and O–H groups in total. The standard InChI is InChI=1S/C2H4O.CH6N2/c1-2-3-1;1-3-2/h1-2H2;3H,2H2,1H3. The zero-order chi connectivity index (χ0) is 4.83. The van der Waals surface area contributed by atoms with E-state index >= 15 is 0 Å². The molecule has 3 heteroatoms. The Morgan fingerprint density at radius 1 is 1.67 bits per heavy atom. The summed E-state index contributed by atoms with van der Waals surface area (Å²) in [6.07, 6.45) is 0. The minimum absolute atomic E-state index is 1.00. The van der Waals surface area contributed by atoms with E-state index in [1.165, 1.54) is 0 Å². The summed E-state index contributed by atoms with van der Waals surface area (Å²) in [7, 11) is 1.65. The lowest BCUT2D eigenvalue weighted by atomic mass is 11.0. The van der Waals surface area contributed by atoms with Gasteiger partial charge in [-0.25, -0.2) is 0 Å². The van der Waals surface area contributed by atoms with Crippen LogP contribution in [0.3, 0.4) is 0 Å². The van der Waals surface area contributed by atoms with Crippen LogP contribution in [0.25, 0.3) is 0 Å². The molecule has 6 heavy (non-hydrogen) atoms. The van der Waals surface area contributed by atoms with Crippen molar-refractivity contribution in [2.24, 2.45) is 5.84 Å². The molecule has 1 aliphatic heterocycles. The van der Waals surface area contributed by atoms with E-state index < -0.39 is 0 Å². The Hall–Kier alpha value is -0.120. The molecule has 1 rings (SSSR count). The van der Waals surface area contributed by atoms with Gasteiger partial charge in [0.15, 0.2) is 0 Å².